The van der Waals surface area contributed by atoms with Crippen LogP contribution >= 0.6 is 0 Å². The topological polar surface area (TPSA) is 101 Å². The molecule has 1 saturated heterocycles. The summed E-state index contributed by atoms with van der Waals surface area (Å²) >= 11 is 0. The number of hydrogen-bond acceptors (Lipinski definition) is 5. The molecule has 0 aromatic heterocycles. The molecule has 1 heterocycles. The molecule has 1 fully saturated rings. The van der Waals surface area contributed by atoms with E-state index in [1.54, 1.807) is 0 Å². The van der Waals surface area contributed by atoms with Gasteiger partial charge in [-0.2, -0.15) is 4.90 Å². The predicted octanol–water partition coefficient (Wildman–Crippen LogP) is -2.21. The number of nitrogens with zero attached hydrogens (tertiary/aromatic N) is 1. The lowest BCUT2D eigenvalue weighted by atomic mass is 10.3. The molecule has 7 nitrogen and oxygen atoms in total. The van der Waals surface area contributed by atoms with Gasteiger partial charge in [-0.15, -0.1) is 0 Å². The van der Waals surface area contributed by atoms with Crippen LogP contribution in [-0.4, -0.2) is 34.9 Å². The summed E-state index contributed by atoms with van der Waals surface area (Å²) in [6.07, 6.45) is -0.137. The van der Waals surface area contributed by atoms with Gasteiger partial charge in [0.1, 0.15) is 0 Å². The van der Waals surface area contributed by atoms with Crippen molar-refractivity contribution in [3.8, 4) is 0 Å². The van der Waals surface area contributed by atoms with Crippen molar-refractivity contribution in [2.24, 2.45) is 0 Å². The van der Waals surface area contributed by atoms with Crippen LogP contribution in [0.3, 0.4) is 0 Å². The molecular weight excluding hydrogens is 168 g/mol. The highest BCUT2D eigenvalue weighted by molar-refractivity contribution is 6.67. The average molecular weight is 170 g/mol. The van der Waals surface area contributed by atoms with Crippen LogP contribution in [0, 0.1) is 0 Å². The maximum absolute atomic E-state index is 10.6. The largest absolute Gasteiger partial charge is 0.338 e. The van der Waals surface area contributed by atoms with Crippen LogP contribution in [0.2, 0.25) is 0 Å². The van der Waals surface area contributed by atoms with Crippen LogP contribution in [0.1, 0.15) is 0 Å². The zero-order valence-electron chi connectivity index (χ0n) is 5.57. The highest BCUT2D eigenvalue weighted by atomic mass is 16.2. The third-order valence-corrected chi connectivity index (χ3v) is 1.16. The molecule has 0 atom stereocenters. The smallest absolute Gasteiger partial charge is 0.278 e. The van der Waals surface area contributed by atoms with Crippen LogP contribution in [0.5, 0.6) is 0 Å². The van der Waals surface area contributed by atoms with Crippen molar-refractivity contribution in [2.45, 2.75) is 0 Å². The van der Waals surface area contributed by atoms with Crippen molar-refractivity contribution in [1.29, 1.82) is 0 Å². The Morgan fingerprint density at radius 1 is 1.17 bits per heavy atom. The molecule has 0 unspecified atom stereocenters. The zero-order valence-corrected chi connectivity index (χ0v) is 5.57. The first-order chi connectivity index (χ1) is 5.57. The van der Waals surface area contributed by atoms with Gasteiger partial charge in [0.15, 0.2) is 0 Å². The molecular formula is C5H2N2O5. The normalized spacial score (nSPS) is 17.8. The number of carbonyl (C=O) groups is 5. The minimum Gasteiger partial charge on any atom is -0.278 e. The van der Waals surface area contributed by atoms with Gasteiger partial charge in [0.25, 0.3) is 0 Å². The average Bonchev–Trinajstić information content (AvgIpc) is 2.01. The van der Waals surface area contributed by atoms with Crippen molar-refractivity contribution >= 4 is 30.0 Å². The molecule has 0 spiro atoms. The number of Topliss-reactive ketones (excluding diaryl/α,β-unsaturated/α-hetero) is 1. The molecule has 0 aromatic carbocycles. The van der Waals surface area contributed by atoms with E-state index in [1.807, 2.05) is 0 Å². The summed E-state index contributed by atoms with van der Waals surface area (Å²) in [5, 5.41) is 1.51. The highest BCUT2D eigenvalue weighted by Crippen LogP contribution is 1.95. The monoisotopic (exact) mass is 170 g/mol. The van der Waals surface area contributed by atoms with Gasteiger partial charge in [-0.05, 0) is 0 Å². The molecule has 62 valence electrons. The Morgan fingerprint density at radius 3 is 2.25 bits per heavy atom. The van der Waals surface area contributed by atoms with Crippen LogP contribution < -0.4 is 5.32 Å². The van der Waals surface area contributed by atoms with E-state index in [0.29, 0.717) is 0 Å². The second-order valence-electron chi connectivity index (χ2n) is 1.87. The molecule has 5 amide bonds. The van der Waals surface area contributed by atoms with Crippen molar-refractivity contribution in [2.75, 3.05) is 0 Å². The van der Waals surface area contributed by atoms with E-state index >= 15 is 0 Å². The molecule has 12 heavy (non-hydrogen) atoms. The maximum Gasteiger partial charge on any atom is 0.338 e. The lowest BCUT2D eigenvalue weighted by Crippen LogP contribution is -2.57. The van der Waals surface area contributed by atoms with Gasteiger partial charge in [-0.25, -0.2) is 4.79 Å². The number of hydrogen-bond donors (Lipinski definition) is 1. The fraction of sp³-hybridized carbons (Fsp3) is 0. The van der Waals surface area contributed by atoms with E-state index in [2.05, 4.69) is 0 Å². The third kappa shape index (κ3) is 0.965. The van der Waals surface area contributed by atoms with E-state index < -0.39 is 23.6 Å². The summed E-state index contributed by atoms with van der Waals surface area (Å²) in [6.45, 7) is 0. The minimum absolute atomic E-state index is 0.0102. The first kappa shape index (κ1) is 8.05. The summed E-state index contributed by atoms with van der Waals surface area (Å²) < 4.78 is 0. The quantitative estimate of drug-likeness (QED) is 0.355. The van der Waals surface area contributed by atoms with E-state index in [4.69, 9.17) is 0 Å². The number of carbonyl (C=O) groups excluding carboxylic acids is 5. The molecule has 1 aliphatic heterocycles. The Hall–Kier alpha value is -2.05. The lowest BCUT2D eigenvalue weighted by Gasteiger charge is -2.16. The first-order valence-corrected chi connectivity index (χ1v) is 2.76. The predicted molar refractivity (Wildman–Crippen MR) is 31.5 cm³/mol. The summed E-state index contributed by atoms with van der Waals surface area (Å²) in [5.41, 5.74) is 0. The van der Waals surface area contributed by atoms with Gasteiger partial charge < -0.3 is 0 Å². The second-order valence-corrected chi connectivity index (χ2v) is 1.87. The Kier molecular flexibility index (Phi) is 1.70. The number of nitrogens with one attached hydrogen (secondary N) is 1. The van der Waals surface area contributed by atoms with Crippen molar-refractivity contribution in [3.63, 3.8) is 0 Å². The fourth-order valence-electron chi connectivity index (χ4n) is 0.609. The highest BCUT2D eigenvalue weighted by Gasteiger charge is 2.38. The van der Waals surface area contributed by atoms with Crippen molar-refractivity contribution in [1.82, 2.24) is 10.2 Å². The van der Waals surface area contributed by atoms with Gasteiger partial charge in [0.2, 0.25) is 6.41 Å². The fourth-order valence-corrected chi connectivity index (χ4v) is 0.609. The molecule has 0 aromatic rings. The maximum atomic E-state index is 10.6. The Balaban J connectivity index is 3.02. The van der Waals surface area contributed by atoms with E-state index in [-0.39, 0.29) is 11.3 Å². The van der Waals surface area contributed by atoms with Crippen LogP contribution in [0.25, 0.3) is 0 Å². The summed E-state index contributed by atoms with van der Waals surface area (Å²) in [5.74, 6) is -4.18. The Bertz CT molecular complexity index is 307. The zero-order chi connectivity index (χ0) is 9.30. The van der Waals surface area contributed by atoms with Crippen LogP contribution in [-0.2, 0) is 19.2 Å². The second kappa shape index (κ2) is 2.53. The van der Waals surface area contributed by atoms with Gasteiger partial charge in [-0.1, -0.05) is 0 Å². The van der Waals surface area contributed by atoms with Gasteiger partial charge in [-0.3, -0.25) is 24.5 Å². The Labute approximate surface area is 65.3 Å². The van der Waals surface area contributed by atoms with E-state index in [0.717, 1.165) is 0 Å². The third-order valence-electron chi connectivity index (χ3n) is 1.16. The summed E-state index contributed by atoms with van der Waals surface area (Å²) in [6, 6.07) is -1.21. The number of ketones is 1. The number of amides is 5. The van der Waals surface area contributed by atoms with E-state index in [9.17, 15) is 24.0 Å². The lowest BCUT2D eigenvalue weighted by molar-refractivity contribution is -0.151. The number of rotatable bonds is 1. The molecule has 1 N–H and O–H groups in total. The molecule has 0 aliphatic carbocycles. The van der Waals surface area contributed by atoms with Crippen LogP contribution in [0.4, 0.5) is 4.79 Å². The summed E-state index contributed by atoms with van der Waals surface area (Å²) in [4.78, 5) is 52.2. The first-order valence-electron chi connectivity index (χ1n) is 2.76. The van der Waals surface area contributed by atoms with E-state index in [1.165, 1.54) is 5.32 Å². The standard InChI is InChI=1S/C5H2N2O5/c8-1-7-4(11)2(9)3(10)6-5(7)12/h1H,(H,6,10,12). The van der Waals surface area contributed by atoms with Gasteiger partial charge >= 0.3 is 23.6 Å². The molecule has 0 bridgehead atoms. The summed E-state index contributed by atoms with van der Waals surface area (Å²) in [7, 11) is 0. The molecule has 0 saturated carbocycles. The molecule has 1 aliphatic rings. The Morgan fingerprint density at radius 2 is 1.75 bits per heavy atom. The molecule has 1 rings (SSSR count). The van der Waals surface area contributed by atoms with Crippen LogP contribution in [0.15, 0.2) is 0 Å². The number of imide groups is 4. The number of barbiturate groups is 1. The van der Waals surface area contributed by atoms with Gasteiger partial charge in [0, 0.05) is 0 Å². The SMILES string of the molecule is O=CN1C(=O)NC(=O)C(=O)C1=O. The molecule has 0 radical (unpaired) electrons. The van der Waals surface area contributed by atoms with Crippen molar-refractivity contribution < 1.29 is 24.0 Å². The minimum atomic E-state index is -1.43. The number of urea groups is 1. The van der Waals surface area contributed by atoms with Crippen molar-refractivity contribution in [3.05, 3.63) is 0 Å². The van der Waals surface area contributed by atoms with Gasteiger partial charge in [0.05, 0.1) is 0 Å². The molecule has 7 heteroatoms.